The number of carbonyl (C=O) groups excluding carboxylic acids is 1. The fraction of sp³-hybridized carbons (Fsp3) is 0.364. The number of hydrogen-bond acceptors (Lipinski definition) is 3. The Labute approximate surface area is 122 Å². The second-order valence-corrected chi connectivity index (χ2v) is 4.40. The zero-order valence-corrected chi connectivity index (χ0v) is 12.1. The number of phenols is 1. The maximum Gasteiger partial charge on any atom is 0.234 e. The molecule has 1 aromatic rings. The second-order valence-electron chi connectivity index (χ2n) is 3.56. The summed E-state index contributed by atoms with van der Waals surface area (Å²) in [6.07, 6.45) is 0.593. The van der Waals surface area contributed by atoms with Crippen LogP contribution in [0.2, 0.25) is 10.0 Å². The van der Waals surface area contributed by atoms with Crippen LogP contribution in [0, 0.1) is 0 Å². The smallest absolute Gasteiger partial charge is 0.234 e. The minimum atomic E-state index is -0.359. The van der Waals surface area contributed by atoms with Gasteiger partial charge in [-0.25, -0.2) is 0 Å². The van der Waals surface area contributed by atoms with Gasteiger partial charge in [0.1, 0.15) is 5.75 Å². The molecule has 1 rings (SSSR count). The SMILES string of the molecule is CCC(NC(=O)CN)c1cc(Cl)cc(Cl)c1O.Cl. The van der Waals surface area contributed by atoms with Gasteiger partial charge in [-0.1, -0.05) is 30.1 Å². The lowest BCUT2D eigenvalue weighted by Crippen LogP contribution is -2.33. The van der Waals surface area contributed by atoms with Gasteiger partial charge < -0.3 is 16.2 Å². The van der Waals surface area contributed by atoms with Crippen LogP contribution in [0.25, 0.3) is 0 Å². The Balaban J connectivity index is 0.00000289. The first-order valence-electron chi connectivity index (χ1n) is 5.16. The summed E-state index contributed by atoms with van der Waals surface area (Å²) in [6, 6.07) is 2.66. The lowest BCUT2D eigenvalue weighted by atomic mass is 10.0. The Kier molecular flexibility index (Phi) is 7.40. The van der Waals surface area contributed by atoms with Crippen LogP contribution in [0.3, 0.4) is 0 Å². The summed E-state index contributed by atoms with van der Waals surface area (Å²) in [7, 11) is 0. The molecule has 4 nitrogen and oxygen atoms in total. The third-order valence-corrected chi connectivity index (χ3v) is 2.87. The van der Waals surface area contributed by atoms with Gasteiger partial charge in [0, 0.05) is 10.6 Å². The van der Waals surface area contributed by atoms with Crippen LogP contribution in [0.5, 0.6) is 5.75 Å². The van der Waals surface area contributed by atoms with Crippen LogP contribution in [0.1, 0.15) is 24.9 Å². The molecule has 1 atom stereocenters. The van der Waals surface area contributed by atoms with E-state index in [-0.39, 0.29) is 41.7 Å². The molecule has 0 aliphatic rings. The molecule has 0 heterocycles. The second kappa shape index (κ2) is 7.69. The van der Waals surface area contributed by atoms with Crippen molar-refractivity contribution in [3.8, 4) is 5.75 Å². The summed E-state index contributed by atoms with van der Waals surface area (Å²) in [6.45, 7) is 1.77. The maximum atomic E-state index is 11.3. The number of nitrogens with two attached hydrogens (primary N) is 1. The normalized spacial score (nSPS) is 11.6. The summed E-state index contributed by atoms with van der Waals surface area (Å²) < 4.78 is 0. The average molecular weight is 314 g/mol. The van der Waals surface area contributed by atoms with E-state index in [1.165, 1.54) is 6.07 Å². The third-order valence-electron chi connectivity index (χ3n) is 2.36. The summed E-state index contributed by atoms with van der Waals surface area (Å²) in [5, 5.41) is 13.1. The van der Waals surface area contributed by atoms with Gasteiger partial charge in [-0.3, -0.25) is 4.79 Å². The Morgan fingerprint density at radius 1 is 1.50 bits per heavy atom. The lowest BCUT2D eigenvalue weighted by molar-refractivity contribution is -0.120. The first-order chi connectivity index (χ1) is 7.99. The van der Waals surface area contributed by atoms with Crippen molar-refractivity contribution in [2.45, 2.75) is 19.4 Å². The van der Waals surface area contributed by atoms with Gasteiger partial charge in [0.25, 0.3) is 0 Å². The molecule has 1 unspecified atom stereocenters. The molecule has 0 radical (unpaired) electrons. The van der Waals surface area contributed by atoms with E-state index >= 15 is 0 Å². The molecule has 1 aromatic carbocycles. The zero-order valence-electron chi connectivity index (χ0n) is 9.74. The molecule has 102 valence electrons. The summed E-state index contributed by atoms with van der Waals surface area (Å²) in [5.41, 5.74) is 5.72. The number of benzene rings is 1. The van der Waals surface area contributed by atoms with Crippen LogP contribution in [0.15, 0.2) is 12.1 Å². The molecular weight excluding hydrogens is 298 g/mol. The highest BCUT2D eigenvalue weighted by Gasteiger charge is 2.18. The monoisotopic (exact) mass is 312 g/mol. The first kappa shape index (κ1) is 17.3. The van der Waals surface area contributed by atoms with Crippen LogP contribution >= 0.6 is 35.6 Å². The van der Waals surface area contributed by atoms with E-state index in [4.69, 9.17) is 28.9 Å². The number of amides is 1. The van der Waals surface area contributed by atoms with E-state index in [1.54, 1.807) is 6.07 Å². The molecule has 4 N–H and O–H groups in total. The van der Waals surface area contributed by atoms with Crippen molar-refractivity contribution in [2.24, 2.45) is 5.73 Å². The van der Waals surface area contributed by atoms with Crippen molar-refractivity contribution >= 4 is 41.5 Å². The van der Waals surface area contributed by atoms with E-state index in [1.807, 2.05) is 6.92 Å². The number of halogens is 3. The Bertz CT molecular complexity index is 427. The molecule has 0 fully saturated rings. The average Bonchev–Trinajstić information content (AvgIpc) is 2.30. The standard InChI is InChI=1S/C11H14Cl2N2O2.ClH/c1-2-9(15-10(16)5-14)7-3-6(12)4-8(13)11(7)17;/h3-4,9,17H,2,5,14H2,1H3,(H,15,16);1H. The van der Waals surface area contributed by atoms with E-state index < -0.39 is 0 Å². The summed E-state index contributed by atoms with van der Waals surface area (Å²) >= 11 is 11.7. The quantitative estimate of drug-likeness (QED) is 0.800. The van der Waals surface area contributed by atoms with Gasteiger partial charge in [0.15, 0.2) is 0 Å². The molecule has 0 saturated carbocycles. The van der Waals surface area contributed by atoms with Crippen molar-refractivity contribution in [2.75, 3.05) is 6.54 Å². The topological polar surface area (TPSA) is 75.4 Å². The van der Waals surface area contributed by atoms with Crippen LogP contribution in [-0.4, -0.2) is 17.6 Å². The number of nitrogens with one attached hydrogen (secondary N) is 1. The van der Waals surface area contributed by atoms with Crippen LogP contribution < -0.4 is 11.1 Å². The van der Waals surface area contributed by atoms with Gasteiger partial charge in [0.05, 0.1) is 17.6 Å². The van der Waals surface area contributed by atoms with E-state index in [0.717, 1.165) is 0 Å². The molecule has 1 amide bonds. The predicted molar refractivity (Wildman–Crippen MR) is 75.6 cm³/mol. The summed E-state index contributed by atoms with van der Waals surface area (Å²) in [5.74, 6) is -0.368. The van der Waals surface area contributed by atoms with Gasteiger partial charge >= 0.3 is 0 Å². The molecule has 0 saturated heterocycles. The van der Waals surface area contributed by atoms with Gasteiger partial charge in [0.2, 0.25) is 5.91 Å². The van der Waals surface area contributed by atoms with Crippen LogP contribution in [0.4, 0.5) is 0 Å². The number of carbonyl (C=O) groups is 1. The zero-order chi connectivity index (χ0) is 13.0. The molecule has 18 heavy (non-hydrogen) atoms. The number of hydrogen-bond donors (Lipinski definition) is 3. The van der Waals surface area contributed by atoms with Crippen molar-refractivity contribution in [1.29, 1.82) is 0 Å². The van der Waals surface area contributed by atoms with E-state index in [2.05, 4.69) is 5.32 Å². The van der Waals surface area contributed by atoms with Crippen molar-refractivity contribution in [3.05, 3.63) is 27.7 Å². The number of phenolic OH excluding ortho intramolecular Hbond substituents is 1. The number of rotatable bonds is 4. The fourth-order valence-electron chi connectivity index (χ4n) is 1.50. The fourth-order valence-corrected chi connectivity index (χ4v) is 2.01. The lowest BCUT2D eigenvalue weighted by Gasteiger charge is -2.19. The largest absolute Gasteiger partial charge is 0.506 e. The van der Waals surface area contributed by atoms with Crippen molar-refractivity contribution in [1.82, 2.24) is 5.32 Å². The molecular formula is C11H15Cl3N2O2. The Morgan fingerprint density at radius 2 is 2.11 bits per heavy atom. The Morgan fingerprint density at radius 3 is 2.61 bits per heavy atom. The van der Waals surface area contributed by atoms with Crippen molar-refractivity contribution in [3.63, 3.8) is 0 Å². The minimum Gasteiger partial charge on any atom is -0.506 e. The maximum absolute atomic E-state index is 11.3. The molecule has 0 spiro atoms. The number of aromatic hydroxyl groups is 1. The van der Waals surface area contributed by atoms with Crippen molar-refractivity contribution < 1.29 is 9.90 Å². The molecule has 0 aliphatic heterocycles. The highest BCUT2D eigenvalue weighted by molar-refractivity contribution is 6.35. The molecule has 7 heteroatoms. The minimum absolute atomic E-state index is 0. The van der Waals surface area contributed by atoms with E-state index in [9.17, 15) is 9.90 Å². The third kappa shape index (κ3) is 4.21. The Hall–Kier alpha value is -0.680. The highest BCUT2D eigenvalue weighted by Crippen LogP contribution is 2.35. The van der Waals surface area contributed by atoms with Gasteiger partial charge in [-0.05, 0) is 18.6 Å². The molecule has 0 aliphatic carbocycles. The highest BCUT2D eigenvalue weighted by atomic mass is 35.5. The van der Waals surface area contributed by atoms with Gasteiger partial charge in [-0.15, -0.1) is 12.4 Å². The van der Waals surface area contributed by atoms with Gasteiger partial charge in [-0.2, -0.15) is 0 Å². The predicted octanol–water partition coefficient (Wildman–Crippen LogP) is 2.65. The summed E-state index contributed by atoms with van der Waals surface area (Å²) in [4.78, 5) is 11.3. The first-order valence-corrected chi connectivity index (χ1v) is 5.92. The van der Waals surface area contributed by atoms with E-state index in [0.29, 0.717) is 17.0 Å². The van der Waals surface area contributed by atoms with Crippen LogP contribution in [-0.2, 0) is 4.79 Å². The molecule has 0 bridgehead atoms. The molecule has 0 aromatic heterocycles.